The molecule has 0 radical (unpaired) electrons. The lowest BCUT2D eigenvalue weighted by Gasteiger charge is -2.17. The molecule has 11 heteroatoms. The third kappa shape index (κ3) is 9.35. The van der Waals surface area contributed by atoms with Crippen molar-refractivity contribution in [2.24, 2.45) is 0 Å². The van der Waals surface area contributed by atoms with E-state index < -0.39 is 0 Å². The number of hydrogen-bond donors (Lipinski definition) is 1. The molecule has 0 bridgehead atoms. The van der Waals surface area contributed by atoms with E-state index in [1.54, 1.807) is 24.5 Å². The number of pyridine rings is 2. The Bertz CT molecular complexity index is 1980. The molecule has 0 spiro atoms. The summed E-state index contributed by atoms with van der Waals surface area (Å²) in [5.74, 6) is 1.09. The highest BCUT2D eigenvalue weighted by molar-refractivity contribution is 6.35. The Balaban J connectivity index is 1.21. The van der Waals surface area contributed by atoms with E-state index in [0.717, 1.165) is 27.9 Å². The Morgan fingerprint density at radius 2 is 1.73 bits per heavy atom. The molecule has 0 fully saturated rings. The minimum absolute atomic E-state index is 0.0937. The molecule has 0 atom stereocenters. The van der Waals surface area contributed by atoms with Crippen molar-refractivity contribution in [3.05, 3.63) is 135 Å². The van der Waals surface area contributed by atoms with Gasteiger partial charge in [0, 0.05) is 48.0 Å². The van der Waals surface area contributed by atoms with Gasteiger partial charge in [-0.3, -0.25) is 19.6 Å². The number of carbonyl (C=O) groups is 2. The number of nitrogens with zero attached hydrogens (tertiary/aromatic N) is 3. The van der Waals surface area contributed by atoms with Crippen LogP contribution in [0.25, 0.3) is 11.1 Å². The molecular weight excluding hydrogens is 663 g/mol. The second-order valence-corrected chi connectivity index (χ2v) is 11.8. The predicted octanol–water partition coefficient (Wildman–Crippen LogP) is 7.73. The molecule has 0 aliphatic carbocycles. The molecule has 2 heterocycles. The average Bonchev–Trinajstić information content (AvgIpc) is 3.12. The number of halogens is 2. The number of nitriles is 1. The number of benzene rings is 3. The average molecular weight is 696 g/mol. The summed E-state index contributed by atoms with van der Waals surface area (Å²) < 4.78 is 18.0. The zero-order valence-electron chi connectivity index (χ0n) is 26.6. The van der Waals surface area contributed by atoms with Crippen LogP contribution in [0.2, 0.25) is 10.0 Å². The lowest BCUT2D eigenvalue weighted by atomic mass is 9.96. The van der Waals surface area contributed by atoms with E-state index >= 15 is 0 Å². The third-order valence-electron chi connectivity index (χ3n) is 7.56. The summed E-state index contributed by atoms with van der Waals surface area (Å²) >= 11 is 13.3. The number of hydrogen-bond acceptors (Lipinski definition) is 8. The Hall–Kier alpha value is -5.43. The number of carbonyl (C=O) groups excluding carboxylic acids is 2. The summed E-state index contributed by atoms with van der Waals surface area (Å²) in [5.41, 5.74) is 5.65. The molecule has 1 N–H and O–H groups in total. The largest absolute Gasteiger partial charge is 0.492 e. The zero-order valence-corrected chi connectivity index (χ0v) is 28.1. The van der Waals surface area contributed by atoms with Crippen LogP contribution in [0.1, 0.15) is 44.7 Å². The highest BCUT2D eigenvalue weighted by Crippen LogP contribution is 2.38. The topological polar surface area (TPSA) is 123 Å². The summed E-state index contributed by atoms with van der Waals surface area (Å²) in [6, 6.07) is 23.8. The third-order valence-corrected chi connectivity index (χ3v) is 8.25. The van der Waals surface area contributed by atoms with Gasteiger partial charge in [-0.25, -0.2) is 0 Å². The van der Waals surface area contributed by atoms with Crippen LogP contribution >= 0.6 is 23.2 Å². The standard InChI is InChI=1S/C38H32Cl2N4O5/c1-25-28(24-49-36-18-35(29(22-45)16-33(36)39)48-23-27-15-26(19-41)20-42-21-27)7-4-9-31(25)32-10-5-11-34(38(32)40)47-14-6-13-44-37(46)17-30-8-2-3-12-43-30/h2-5,7-12,15-16,18,20-22H,6,13-14,17,23-24H2,1H3,(H,44,46). The number of rotatable bonds is 15. The van der Waals surface area contributed by atoms with Crippen molar-refractivity contribution in [2.45, 2.75) is 33.0 Å². The first-order valence-electron chi connectivity index (χ1n) is 15.4. The number of aromatic nitrogens is 2. The van der Waals surface area contributed by atoms with Crippen LogP contribution in [-0.4, -0.2) is 35.3 Å². The summed E-state index contributed by atoms with van der Waals surface area (Å²) in [5, 5.41) is 12.8. The molecule has 2 aromatic heterocycles. The molecule has 49 heavy (non-hydrogen) atoms. The first kappa shape index (κ1) is 34.9. The molecule has 5 aromatic rings. The van der Waals surface area contributed by atoms with Gasteiger partial charge in [-0.2, -0.15) is 5.26 Å². The van der Waals surface area contributed by atoms with E-state index in [0.29, 0.717) is 53.5 Å². The minimum atomic E-state index is -0.0937. The Labute approximate surface area is 294 Å². The molecular formula is C38H32Cl2N4O5. The maximum Gasteiger partial charge on any atom is 0.226 e. The fourth-order valence-electron chi connectivity index (χ4n) is 5.00. The summed E-state index contributed by atoms with van der Waals surface area (Å²) in [7, 11) is 0. The molecule has 5 rings (SSSR count). The van der Waals surface area contributed by atoms with Crippen molar-refractivity contribution in [2.75, 3.05) is 13.2 Å². The van der Waals surface area contributed by atoms with Gasteiger partial charge in [0.25, 0.3) is 0 Å². The molecule has 0 aliphatic heterocycles. The first-order chi connectivity index (χ1) is 23.9. The van der Waals surface area contributed by atoms with Gasteiger partial charge in [-0.15, -0.1) is 0 Å². The fourth-order valence-corrected chi connectivity index (χ4v) is 5.50. The number of nitrogens with one attached hydrogen (secondary N) is 1. The van der Waals surface area contributed by atoms with Crippen LogP contribution in [0.3, 0.4) is 0 Å². The van der Waals surface area contributed by atoms with Crippen LogP contribution in [0.4, 0.5) is 0 Å². The lowest BCUT2D eigenvalue weighted by molar-refractivity contribution is -0.120. The van der Waals surface area contributed by atoms with Crippen LogP contribution in [0.5, 0.6) is 17.2 Å². The van der Waals surface area contributed by atoms with Gasteiger partial charge >= 0.3 is 0 Å². The van der Waals surface area contributed by atoms with Crippen LogP contribution in [-0.2, 0) is 24.4 Å². The minimum Gasteiger partial charge on any atom is -0.492 e. The molecule has 1 amide bonds. The molecule has 0 aliphatic rings. The second kappa shape index (κ2) is 17.1. The second-order valence-electron chi connectivity index (χ2n) is 11.0. The van der Waals surface area contributed by atoms with Crippen LogP contribution < -0.4 is 19.5 Å². The highest BCUT2D eigenvalue weighted by Gasteiger charge is 2.16. The van der Waals surface area contributed by atoms with E-state index in [1.807, 2.05) is 67.6 Å². The van der Waals surface area contributed by atoms with E-state index in [4.69, 9.17) is 42.7 Å². The van der Waals surface area contributed by atoms with Gasteiger partial charge in [0.1, 0.15) is 36.5 Å². The van der Waals surface area contributed by atoms with E-state index in [2.05, 4.69) is 15.3 Å². The maximum absolute atomic E-state index is 12.2. The lowest BCUT2D eigenvalue weighted by Crippen LogP contribution is -2.27. The van der Waals surface area contributed by atoms with Gasteiger partial charge in [0.2, 0.25) is 5.91 Å². The Kier molecular flexibility index (Phi) is 12.2. The van der Waals surface area contributed by atoms with Crippen LogP contribution in [0.15, 0.2) is 91.4 Å². The van der Waals surface area contributed by atoms with Crippen molar-refractivity contribution < 1.29 is 23.8 Å². The van der Waals surface area contributed by atoms with Crippen LogP contribution in [0, 0.1) is 18.3 Å². The van der Waals surface area contributed by atoms with Crippen molar-refractivity contribution in [1.82, 2.24) is 15.3 Å². The normalized spacial score (nSPS) is 10.6. The van der Waals surface area contributed by atoms with E-state index in [-0.39, 0.29) is 41.9 Å². The SMILES string of the molecule is Cc1c(COc2cc(OCc3cncc(C#N)c3)c(C=O)cc2Cl)cccc1-c1cccc(OCCCNC(=O)Cc2ccccn2)c1Cl. The zero-order chi connectivity index (χ0) is 34.6. The van der Waals surface area contributed by atoms with Crippen molar-refractivity contribution in [3.8, 4) is 34.4 Å². The van der Waals surface area contributed by atoms with Gasteiger partial charge < -0.3 is 19.5 Å². The summed E-state index contributed by atoms with van der Waals surface area (Å²) in [4.78, 5) is 32.1. The Morgan fingerprint density at radius 3 is 2.53 bits per heavy atom. The molecule has 248 valence electrons. The van der Waals surface area contributed by atoms with Gasteiger partial charge in [-0.1, -0.05) is 59.6 Å². The summed E-state index contributed by atoms with van der Waals surface area (Å²) in [6.45, 7) is 3.11. The van der Waals surface area contributed by atoms with Gasteiger partial charge in [0.15, 0.2) is 6.29 Å². The smallest absolute Gasteiger partial charge is 0.226 e. The van der Waals surface area contributed by atoms with Crippen molar-refractivity contribution in [1.29, 1.82) is 5.26 Å². The quantitative estimate of drug-likeness (QED) is 0.0872. The molecule has 0 unspecified atom stereocenters. The van der Waals surface area contributed by atoms with Crippen molar-refractivity contribution in [3.63, 3.8) is 0 Å². The Morgan fingerprint density at radius 1 is 0.918 bits per heavy atom. The number of ether oxygens (including phenoxy) is 3. The molecule has 0 saturated carbocycles. The maximum atomic E-state index is 12.2. The number of amides is 1. The molecule has 3 aromatic carbocycles. The predicted molar refractivity (Wildman–Crippen MR) is 187 cm³/mol. The molecule has 9 nitrogen and oxygen atoms in total. The number of aldehydes is 1. The van der Waals surface area contributed by atoms with E-state index in [1.165, 1.54) is 12.3 Å². The summed E-state index contributed by atoms with van der Waals surface area (Å²) in [6.07, 6.45) is 6.21. The monoisotopic (exact) mass is 694 g/mol. The molecule has 0 saturated heterocycles. The fraction of sp³-hybridized carbons (Fsp3) is 0.184. The highest BCUT2D eigenvalue weighted by atomic mass is 35.5. The van der Waals surface area contributed by atoms with Gasteiger partial charge in [0.05, 0.1) is 34.2 Å². The van der Waals surface area contributed by atoms with Crippen molar-refractivity contribution >= 4 is 35.4 Å². The first-order valence-corrected chi connectivity index (χ1v) is 16.2. The van der Waals surface area contributed by atoms with E-state index in [9.17, 15) is 9.59 Å². The van der Waals surface area contributed by atoms with Gasteiger partial charge in [-0.05, 0) is 60.4 Å².